The van der Waals surface area contributed by atoms with Gasteiger partial charge in [-0.2, -0.15) is 0 Å². The Balaban J connectivity index is 1.80. The molecular formula is C16H13F2N2+. The first kappa shape index (κ1) is 12.5. The molecule has 20 heavy (non-hydrogen) atoms. The van der Waals surface area contributed by atoms with E-state index in [9.17, 15) is 8.78 Å². The number of hydrogen-bond donors (Lipinski definition) is 0. The fourth-order valence-corrected chi connectivity index (χ4v) is 2.05. The van der Waals surface area contributed by atoms with Crippen LogP contribution in [0.15, 0.2) is 67.3 Å². The maximum absolute atomic E-state index is 12.9. The highest BCUT2D eigenvalue weighted by Gasteiger charge is 2.07. The van der Waals surface area contributed by atoms with Crippen LogP contribution in [0.25, 0.3) is 5.69 Å². The van der Waals surface area contributed by atoms with E-state index < -0.39 is 0 Å². The highest BCUT2D eigenvalue weighted by atomic mass is 19.1. The summed E-state index contributed by atoms with van der Waals surface area (Å²) in [5.74, 6) is -0.484. The van der Waals surface area contributed by atoms with Gasteiger partial charge in [-0.15, -0.1) is 0 Å². The number of benzene rings is 2. The molecule has 0 aliphatic carbocycles. The fourth-order valence-electron chi connectivity index (χ4n) is 2.05. The molecule has 1 heterocycles. The summed E-state index contributed by atoms with van der Waals surface area (Å²) in [4.78, 5) is 0. The summed E-state index contributed by atoms with van der Waals surface area (Å²) < 4.78 is 29.6. The molecule has 0 N–H and O–H groups in total. The van der Waals surface area contributed by atoms with Crippen molar-refractivity contribution in [2.45, 2.75) is 6.54 Å². The summed E-state index contributed by atoms with van der Waals surface area (Å²) in [5.41, 5.74) is 1.91. The van der Waals surface area contributed by atoms with Crippen LogP contribution in [0.5, 0.6) is 0 Å². The molecular weight excluding hydrogens is 258 g/mol. The van der Waals surface area contributed by atoms with E-state index in [0.717, 1.165) is 11.3 Å². The molecule has 0 unspecified atom stereocenters. The Kier molecular flexibility index (Phi) is 3.29. The molecule has 0 aliphatic rings. The molecule has 2 aromatic carbocycles. The van der Waals surface area contributed by atoms with E-state index in [1.54, 1.807) is 24.3 Å². The van der Waals surface area contributed by atoms with E-state index in [1.807, 2.05) is 27.9 Å². The summed E-state index contributed by atoms with van der Waals surface area (Å²) in [6, 6.07) is 12.7. The lowest BCUT2D eigenvalue weighted by Crippen LogP contribution is -2.31. The Morgan fingerprint density at radius 1 is 0.850 bits per heavy atom. The predicted octanol–water partition coefficient (Wildman–Crippen LogP) is 3.09. The van der Waals surface area contributed by atoms with Gasteiger partial charge in [0, 0.05) is 0 Å². The largest absolute Gasteiger partial charge is 0.249 e. The van der Waals surface area contributed by atoms with Gasteiger partial charge in [0.05, 0.1) is 0 Å². The zero-order valence-electron chi connectivity index (χ0n) is 10.7. The molecule has 0 fully saturated rings. The Morgan fingerprint density at radius 2 is 1.45 bits per heavy atom. The van der Waals surface area contributed by atoms with Gasteiger partial charge in [-0.05, 0) is 42.0 Å². The topological polar surface area (TPSA) is 8.81 Å². The normalized spacial score (nSPS) is 10.7. The zero-order chi connectivity index (χ0) is 13.9. The van der Waals surface area contributed by atoms with Crippen molar-refractivity contribution in [2.24, 2.45) is 0 Å². The highest BCUT2D eigenvalue weighted by Crippen LogP contribution is 2.08. The van der Waals surface area contributed by atoms with Gasteiger partial charge in [-0.25, -0.2) is 17.9 Å². The van der Waals surface area contributed by atoms with Crippen LogP contribution in [-0.2, 0) is 6.54 Å². The van der Waals surface area contributed by atoms with E-state index >= 15 is 0 Å². The van der Waals surface area contributed by atoms with Crippen molar-refractivity contribution < 1.29 is 13.3 Å². The second-order valence-electron chi connectivity index (χ2n) is 4.60. The third-order valence-corrected chi connectivity index (χ3v) is 3.09. The maximum Gasteiger partial charge on any atom is 0.249 e. The Labute approximate surface area is 115 Å². The minimum absolute atomic E-state index is 0.234. The summed E-state index contributed by atoms with van der Waals surface area (Å²) >= 11 is 0. The molecule has 1 aromatic heterocycles. The smallest absolute Gasteiger partial charge is 0.232 e. The van der Waals surface area contributed by atoms with Crippen molar-refractivity contribution in [3.05, 3.63) is 84.4 Å². The van der Waals surface area contributed by atoms with Gasteiger partial charge in [0.15, 0.2) is 0 Å². The molecule has 3 aromatic rings. The summed E-state index contributed by atoms with van der Waals surface area (Å²) in [5, 5.41) is 0. The lowest BCUT2D eigenvalue weighted by molar-refractivity contribution is -0.687. The molecule has 0 radical (unpaired) electrons. The summed E-state index contributed by atoms with van der Waals surface area (Å²) in [6.45, 7) is 0.661. The molecule has 0 atom stereocenters. The first-order valence-corrected chi connectivity index (χ1v) is 6.28. The van der Waals surface area contributed by atoms with E-state index in [0.29, 0.717) is 6.54 Å². The molecule has 0 aliphatic heterocycles. The van der Waals surface area contributed by atoms with E-state index in [1.165, 1.54) is 24.3 Å². The van der Waals surface area contributed by atoms with Crippen molar-refractivity contribution in [3.63, 3.8) is 0 Å². The quantitative estimate of drug-likeness (QED) is 0.647. The van der Waals surface area contributed by atoms with E-state index in [4.69, 9.17) is 0 Å². The monoisotopic (exact) mass is 271 g/mol. The second kappa shape index (κ2) is 5.25. The highest BCUT2D eigenvalue weighted by molar-refractivity contribution is 5.30. The third-order valence-electron chi connectivity index (χ3n) is 3.09. The zero-order valence-corrected chi connectivity index (χ0v) is 10.7. The van der Waals surface area contributed by atoms with Gasteiger partial charge in [-0.1, -0.05) is 12.1 Å². The van der Waals surface area contributed by atoms with Crippen molar-refractivity contribution in [1.82, 2.24) is 4.57 Å². The molecule has 0 amide bonds. The van der Waals surface area contributed by atoms with Crippen LogP contribution >= 0.6 is 0 Å². The van der Waals surface area contributed by atoms with Gasteiger partial charge in [0.2, 0.25) is 6.33 Å². The molecule has 0 spiro atoms. The van der Waals surface area contributed by atoms with Gasteiger partial charge in [-0.3, -0.25) is 0 Å². The number of nitrogens with zero attached hydrogens (tertiary/aromatic N) is 2. The summed E-state index contributed by atoms with van der Waals surface area (Å²) in [6.07, 6.45) is 5.74. The summed E-state index contributed by atoms with van der Waals surface area (Å²) in [7, 11) is 0. The van der Waals surface area contributed by atoms with Crippen molar-refractivity contribution in [3.8, 4) is 5.69 Å². The molecule has 0 saturated heterocycles. The van der Waals surface area contributed by atoms with Crippen LogP contribution in [0, 0.1) is 11.6 Å². The van der Waals surface area contributed by atoms with Crippen LogP contribution < -0.4 is 4.57 Å². The molecule has 0 saturated carbocycles. The van der Waals surface area contributed by atoms with E-state index in [-0.39, 0.29) is 11.6 Å². The lowest BCUT2D eigenvalue weighted by Gasteiger charge is -1.98. The number of imidazole rings is 1. The number of rotatable bonds is 3. The van der Waals surface area contributed by atoms with Gasteiger partial charge in [0.1, 0.15) is 36.3 Å². The standard InChI is InChI=1S/C16H13F2N2/c17-14-3-1-13(2-4-14)11-19-9-10-20(12-19)16-7-5-15(18)6-8-16/h1-10,12H,11H2/q+1. The van der Waals surface area contributed by atoms with Gasteiger partial charge in [0.25, 0.3) is 0 Å². The van der Waals surface area contributed by atoms with Crippen LogP contribution in [0.2, 0.25) is 0 Å². The second-order valence-corrected chi connectivity index (χ2v) is 4.60. The minimum atomic E-state index is -0.250. The SMILES string of the molecule is Fc1ccc(C[n+]2ccn(-c3ccc(F)cc3)c2)cc1. The average Bonchev–Trinajstić information content (AvgIpc) is 2.91. The predicted molar refractivity (Wildman–Crippen MR) is 71.4 cm³/mol. The molecule has 4 heteroatoms. The van der Waals surface area contributed by atoms with Crippen LogP contribution in [-0.4, -0.2) is 4.57 Å². The van der Waals surface area contributed by atoms with Crippen molar-refractivity contribution >= 4 is 0 Å². The van der Waals surface area contributed by atoms with Crippen molar-refractivity contribution in [2.75, 3.05) is 0 Å². The number of hydrogen-bond acceptors (Lipinski definition) is 0. The van der Waals surface area contributed by atoms with Crippen LogP contribution in [0.4, 0.5) is 8.78 Å². The molecule has 2 nitrogen and oxygen atoms in total. The van der Waals surface area contributed by atoms with Crippen LogP contribution in [0.3, 0.4) is 0 Å². The molecule has 0 bridgehead atoms. The Morgan fingerprint density at radius 3 is 2.10 bits per heavy atom. The maximum atomic E-state index is 12.9. The Hall–Kier alpha value is -2.49. The first-order chi connectivity index (χ1) is 9.70. The van der Waals surface area contributed by atoms with E-state index in [2.05, 4.69) is 0 Å². The molecule has 3 rings (SSSR count). The van der Waals surface area contributed by atoms with Crippen LogP contribution in [0.1, 0.15) is 5.56 Å². The van der Waals surface area contributed by atoms with Gasteiger partial charge >= 0.3 is 0 Å². The number of halogens is 2. The number of aromatic nitrogens is 2. The molecule has 100 valence electrons. The fraction of sp³-hybridized carbons (Fsp3) is 0.0625. The first-order valence-electron chi connectivity index (χ1n) is 6.28. The lowest BCUT2D eigenvalue weighted by atomic mass is 10.2. The van der Waals surface area contributed by atoms with Crippen molar-refractivity contribution in [1.29, 1.82) is 0 Å². The van der Waals surface area contributed by atoms with Gasteiger partial charge < -0.3 is 0 Å². The Bertz CT molecular complexity index is 700. The third kappa shape index (κ3) is 2.74. The average molecular weight is 271 g/mol. The minimum Gasteiger partial charge on any atom is -0.232 e.